The van der Waals surface area contributed by atoms with Crippen LogP contribution in [0.15, 0.2) is 29.0 Å². The lowest BCUT2D eigenvalue weighted by atomic mass is 10.2. The lowest BCUT2D eigenvalue weighted by molar-refractivity contribution is 0.0696. The largest absolute Gasteiger partial charge is 0.484 e. The Labute approximate surface area is 111 Å². The molecular weight excluding hydrogens is 302 g/mol. The van der Waals surface area contributed by atoms with E-state index in [1.807, 2.05) is 0 Å². The Hall–Kier alpha value is -1.89. The number of aromatic nitrogens is 3. The van der Waals surface area contributed by atoms with Crippen molar-refractivity contribution in [3.8, 4) is 5.75 Å². The van der Waals surface area contributed by atoms with Crippen molar-refractivity contribution < 1.29 is 14.6 Å². The van der Waals surface area contributed by atoms with Crippen LogP contribution in [0.5, 0.6) is 5.75 Å². The number of carbonyl (C=O) groups is 1. The minimum absolute atomic E-state index is 0.172. The third-order valence-electron chi connectivity index (χ3n) is 2.34. The van der Waals surface area contributed by atoms with Crippen molar-refractivity contribution in [1.82, 2.24) is 14.8 Å². The highest BCUT2D eigenvalue weighted by molar-refractivity contribution is 9.10. The molecule has 0 radical (unpaired) electrons. The molecule has 94 valence electrons. The molecule has 18 heavy (non-hydrogen) atoms. The number of hydrogen-bond donors (Lipinski definition) is 1. The van der Waals surface area contributed by atoms with E-state index in [9.17, 15) is 4.79 Å². The van der Waals surface area contributed by atoms with E-state index in [2.05, 4.69) is 26.1 Å². The van der Waals surface area contributed by atoms with Crippen LogP contribution in [0.1, 0.15) is 16.2 Å². The molecule has 1 heterocycles. The number of halogens is 1. The average Bonchev–Trinajstić information content (AvgIpc) is 2.73. The SMILES string of the molecule is Cn1cnnc1COc1cc(C(=O)O)ccc1Br. The summed E-state index contributed by atoms with van der Waals surface area (Å²) in [7, 11) is 1.81. The molecule has 1 aromatic carbocycles. The van der Waals surface area contributed by atoms with Crippen LogP contribution in [0, 0.1) is 0 Å². The van der Waals surface area contributed by atoms with E-state index in [4.69, 9.17) is 9.84 Å². The fraction of sp³-hybridized carbons (Fsp3) is 0.182. The molecule has 0 aliphatic carbocycles. The molecule has 2 rings (SSSR count). The molecule has 0 fully saturated rings. The van der Waals surface area contributed by atoms with E-state index in [0.29, 0.717) is 16.0 Å². The number of hydrogen-bond acceptors (Lipinski definition) is 4. The van der Waals surface area contributed by atoms with Crippen molar-refractivity contribution in [1.29, 1.82) is 0 Å². The van der Waals surface area contributed by atoms with Gasteiger partial charge in [-0.05, 0) is 34.1 Å². The Kier molecular flexibility index (Phi) is 3.61. The van der Waals surface area contributed by atoms with Crippen LogP contribution in [0.4, 0.5) is 0 Å². The van der Waals surface area contributed by atoms with E-state index >= 15 is 0 Å². The van der Waals surface area contributed by atoms with Crippen LogP contribution in [0.3, 0.4) is 0 Å². The number of nitrogens with zero attached hydrogens (tertiary/aromatic N) is 3. The van der Waals surface area contributed by atoms with Gasteiger partial charge in [-0.3, -0.25) is 0 Å². The molecule has 1 aromatic heterocycles. The van der Waals surface area contributed by atoms with Gasteiger partial charge >= 0.3 is 5.97 Å². The van der Waals surface area contributed by atoms with Crippen LogP contribution in [-0.4, -0.2) is 25.8 Å². The van der Waals surface area contributed by atoms with Gasteiger partial charge in [-0.2, -0.15) is 0 Å². The normalized spacial score (nSPS) is 10.3. The Balaban J connectivity index is 2.16. The van der Waals surface area contributed by atoms with Crippen molar-refractivity contribution in [2.24, 2.45) is 7.05 Å². The summed E-state index contributed by atoms with van der Waals surface area (Å²) in [4.78, 5) is 10.9. The summed E-state index contributed by atoms with van der Waals surface area (Å²) in [6, 6.07) is 4.60. The molecule has 7 heteroatoms. The van der Waals surface area contributed by atoms with Crippen LogP contribution in [-0.2, 0) is 13.7 Å². The molecular formula is C11H10BrN3O3. The van der Waals surface area contributed by atoms with Gasteiger partial charge in [0.15, 0.2) is 5.82 Å². The number of carboxylic acids is 1. The average molecular weight is 312 g/mol. The molecule has 2 aromatic rings. The molecule has 0 amide bonds. The fourth-order valence-electron chi connectivity index (χ4n) is 1.33. The number of ether oxygens (including phenoxy) is 1. The van der Waals surface area contributed by atoms with Gasteiger partial charge in [-0.15, -0.1) is 10.2 Å². The highest BCUT2D eigenvalue weighted by Crippen LogP contribution is 2.26. The van der Waals surface area contributed by atoms with E-state index in [1.165, 1.54) is 12.1 Å². The Bertz CT molecular complexity index is 583. The fourth-order valence-corrected chi connectivity index (χ4v) is 1.69. The smallest absolute Gasteiger partial charge is 0.335 e. The molecule has 1 N–H and O–H groups in total. The Morgan fingerprint density at radius 2 is 2.33 bits per heavy atom. The number of carboxylic acid groups (broad SMARTS) is 1. The van der Waals surface area contributed by atoms with Crippen LogP contribution >= 0.6 is 15.9 Å². The molecule has 0 bridgehead atoms. The zero-order valence-electron chi connectivity index (χ0n) is 9.50. The second kappa shape index (κ2) is 5.18. The van der Waals surface area contributed by atoms with Crippen molar-refractivity contribution >= 4 is 21.9 Å². The molecule has 6 nitrogen and oxygen atoms in total. The predicted molar refractivity (Wildman–Crippen MR) is 66.4 cm³/mol. The minimum atomic E-state index is -0.994. The topological polar surface area (TPSA) is 77.2 Å². The van der Waals surface area contributed by atoms with Gasteiger partial charge in [-0.25, -0.2) is 4.79 Å². The maximum atomic E-state index is 10.9. The molecule has 0 spiro atoms. The minimum Gasteiger partial charge on any atom is -0.484 e. The number of benzene rings is 1. The second-order valence-electron chi connectivity index (χ2n) is 3.60. The van der Waals surface area contributed by atoms with Gasteiger partial charge in [-0.1, -0.05) is 0 Å². The first kappa shape index (κ1) is 12.6. The predicted octanol–water partition coefficient (Wildman–Crippen LogP) is 1.85. The Morgan fingerprint density at radius 3 is 2.94 bits per heavy atom. The summed E-state index contributed by atoms with van der Waals surface area (Å²) >= 11 is 3.30. The third kappa shape index (κ3) is 2.67. The number of aromatic carboxylic acids is 1. The lowest BCUT2D eigenvalue weighted by Crippen LogP contribution is -2.04. The summed E-state index contributed by atoms with van der Waals surface area (Å²) in [5.74, 6) is 0.117. The van der Waals surface area contributed by atoms with Crippen molar-refractivity contribution in [3.05, 3.63) is 40.4 Å². The summed E-state index contributed by atoms with van der Waals surface area (Å²) in [5, 5.41) is 16.5. The molecule has 0 saturated carbocycles. The van der Waals surface area contributed by atoms with Gasteiger partial charge in [0, 0.05) is 7.05 Å². The second-order valence-corrected chi connectivity index (χ2v) is 4.45. The highest BCUT2D eigenvalue weighted by Gasteiger charge is 2.09. The zero-order chi connectivity index (χ0) is 13.1. The van der Waals surface area contributed by atoms with Crippen molar-refractivity contribution in [2.75, 3.05) is 0 Å². The van der Waals surface area contributed by atoms with Gasteiger partial charge in [0.25, 0.3) is 0 Å². The summed E-state index contributed by atoms with van der Waals surface area (Å²) in [5.41, 5.74) is 0.172. The van der Waals surface area contributed by atoms with E-state index < -0.39 is 5.97 Å². The van der Waals surface area contributed by atoms with E-state index in [-0.39, 0.29) is 12.2 Å². The zero-order valence-corrected chi connectivity index (χ0v) is 11.1. The quantitative estimate of drug-likeness (QED) is 0.932. The first-order valence-corrected chi connectivity index (χ1v) is 5.85. The molecule has 0 unspecified atom stereocenters. The van der Waals surface area contributed by atoms with Gasteiger partial charge in [0.05, 0.1) is 10.0 Å². The van der Waals surface area contributed by atoms with Crippen molar-refractivity contribution in [2.45, 2.75) is 6.61 Å². The monoisotopic (exact) mass is 311 g/mol. The maximum absolute atomic E-state index is 10.9. The molecule has 0 aliphatic heterocycles. The molecule has 0 saturated heterocycles. The van der Waals surface area contributed by atoms with Crippen LogP contribution in [0.2, 0.25) is 0 Å². The van der Waals surface area contributed by atoms with E-state index in [0.717, 1.165) is 0 Å². The van der Waals surface area contributed by atoms with Crippen LogP contribution in [0.25, 0.3) is 0 Å². The van der Waals surface area contributed by atoms with Crippen LogP contribution < -0.4 is 4.74 Å². The third-order valence-corrected chi connectivity index (χ3v) is 3.00. The Morgan fingerprint density at radius 1 is 1.56 bits per heavy atom. The summed E-state index contributed by atoms with van der Waals surface area (Å²) in [6.45, 7) is 0.220. The van der Waals surface area contributed by atoms with Crippen molar-refractivity contribution in [3.63, 3.8) is 0 Å². The molecule has 0 atom stereocenters. The number of aryl methyl sites for hydroxylation is 1. The standard InChI is InChI=1S/C11H10BrN3O3/c1-15-6-13-14-10(15)5-18-9-4-7(11(16)17)2-3-8(9)12/h2-4,6H,5H2,1H3,(H,16,17). The maximum Gasteiger partial charge on any atom is 0.335 e. The van der Waals surface area contributed by atoms with E-state index in [1.54, 1.807) is 24.0 Å². The molecule has 0 aliphatic rings. The van der Waals surface area contributed by atoms with Gasteiger partial charge < -0.3 is 14.4 Å². The first-order chi connectivity index (χ1) is 8.58. The summed E-state index contributed by atoms with van der Waals surface area (Å²) < 4.78 is 7.94. The first-order valence-electron chi connectivity index (χ1n) is 5.06. The lowest BCUT2D eigenvalue weighted by Gasteiger charge is -2.08. The van der Waals surface area contributed by atoms with Gasteiger partial charge in [0.1, 0.15) is 18.7 Å². The van der Waals surface area contributed by atoms with Gasteiger partial charge in [0.2, 0.25) is 0 Å². The summed E-state index contributed by atoms with van der Waals surface area (Å²) in [6.07, 6.45) is 1.57. The number of rotatable bonds is 4. The highest BCUT2D eigenvalue weighted by atomic mass is 79.9.